The number of carboxylic acid groups (broad SMARTS) is 2. The fourth-order valence-corrected chi connectivity index (χ4v) is 11.5. The zero-order chi connectivity index (χ0) is 34.5. The molecule has 5 aliphatic rings. The molecule has 1 aliphatic carbocycles. The van der Waals surface area contributed by atoms with Crippen molar-refractivity contribution in [1.29, 1.82) is 0 Å². The largest absolute Gasteiger partial charge is 1.00 e. The third-order valence-corrected chi connectivity index (χ3v) is 14.2. The van der Waals surface area contributed by atoms with Crippen LogP contribution in [0.1, 0.15) is 70.3 Å². The summed E-state index contributed by atoms with van der Waals surface area (Å²) in [6.07, 6.45) is 7.57. The molecule has 4 aliphatic heterocycles. The Hall–Kier alpha value is -2.54. The first-order chi connectivity index (χ1) is 22.1. The van der Waals surface area contributed by atoms with Crippen molar-refractivity contribution in [3.63, 3.8) is 0 Å². The molecule has 5 fully saturated rings. The Labute approximate surface area is 304 Å². The number of sulfone groups is 1. The molecule has 4 saturated heterocycles. The molecular weight excluding hydrogens is 679 g/mol. The first-order valence-electron chi connectivity index (χ1n) is 15.6. The van der Waals surface area contributed by atoms with Gasteiger partial charge in [-0.2, -0.15) is 0 Å². The number of carbonyl (C=O) groups excluding carboxylic acids is 4. The SMILES string of the molecule is CC1(C)S[C@@H]2[C@H](N=CN3CCCCCC3)C(=O)N2[C@H]1C(=O)O.CCOC(=O)c1cnnn1C[C@@]1(C)[C@H](C(=O)[O-])C2C(=O)CC2S1(=O)=O.[Na+]. The van der Waals surface area contributed by atoms with Crippen LogP contribution in [-0.4, -0.2) is 126 Å². The number of hydrogen-bond donors (Lipinski definition) is 1. The van der Waals surface area contributed by atoms with Crippen LogP contribution in [0.5, 0.6) is 0 Å². The molecule has 48 heavy (non-hydrogen) atoms. The Kier molecular flexibility index (Phi) is 11.5. The van der Waals surface area contributed by atoms with Crippen LogP contribution in [0.3, 0.4) is 0 Å². The number of hydrogen-bond acceptors (Lipinski definition) is 13. The van der Waals surface area contributed by atoms with E-state index in [1.165, 1.54) is 37.5 Å². The number of fused-ring (bicyclic) bond motifs is 2. The van der Waals surface area contributed by atoms with Crippen molar-refractivity contribution in [2.24, 2.45) is 16.8 Å². The van der Waals surface area contributed by atoms with Gasteiger partial charge in [0.25, 0.3) is 5.91 Å². The average molecular weight is 719 g/mol. The number of thioether (sulfide) groups is 1. The maximum atomic E-state index is 12.8. The van der Waals surface area contributed by atoms with Gasteiger partial charge in [0.1, 0.15) is 17.2 Å². The van der Waals surface area contributed by atoms with E-state index in [-0.39, 0.29) is 59.6 Å². The first kappa shape index (κ1) is 38.3. The van der Waals surface area contributed by atoms with Crippen molar-refractivity contribution < 1.29 is 76.9 Å². The summed E-state index contributed by atoms with van der Waals surface area (Å²) in [6.45, 7) is 8.26. The van der Waals surface area contributed by atoms with Crippen molar-refractivity contribution in [2.75, 3.05) is 19.7 Å². The molecule has 1 N–H and O–H groups in total. The van der Waals surface area contributed by atoms with E-state index in [2.05, 4.69) is 20.2 Å². The fraction of sp³-hybridized carbons (Fsp3) is 0.724. The fourth-order valence-electron chi connectivity index (χ4n) is 7.24. The minimum Gasteiger partial charge on any atom is -0.550 e. The molecule has 16 nitrogen and oxygen atoms in total. The molecule has 0 spiro atoms. The number of esters is 1. The van der Waals surface area contributed by atoms with Gasteiger partial charge in [0.2, 0.25) is 0 Å². The third-order valence-electron chi connectivity index (χ3n) is 9.74. The normalized spacial score (nSPS) is 32.8. The number of nitrogens with zero attached hydrogens (tertiary/aromatic N) is 6. The van der Waals surface area contributed by atoms with Gasteiger partial charge in [-0.05, 0) is 40.5 Å². The van der Waals surface area contributed by atoms with Crippen molar-refractivity contribution in [3.8, 4) is 0 Å². The Morgan fingerprint density at radius 3 is 2.38 bits per heavy atom. The Morgan fingerprint density at radius 1 is 1.17 bits per heavy atom. The van der Waals surface area contributed by atoms with Gasteiger partial charge in [-0.15, -0.1) is 16.9 Å². The monoisotopic (exact) mass is 718 g/mol. The number of amides is 1. The van der Waals surface area contributed by atoms with Crippen LogP contribution >= 0.6 is 11.8 Å². The van der Waals surface area contributed by atoms with Crippen molar-refractivity contribution in [3.05, 3.63) is 11.9 Å². The minimum absolute atomic E-state index is 0. The second kappa shape index (κ2) is 14.4. The average Bonchev–Trinajstić information content (AvgIpc) is 3.47. The molecular formula is C29H39N6NaO10S2. The summed E-state index contributed by atoms with van der Waals surface area (Å²) in [5.41, 5.74) is -0.0963. The van der Waals surface area contributed by atoms with E-state index >= 15 is 0 Å². The second-order valence-electron chi connectivity index (χ2n) is 13.1. The maximum absolute atomic E-state index is 12.8. The van der Waals surface area contributed by atoms with E-state index in [1.807, 2.05) is 20.2 Å². The Balaban J connectivity index is 0.000000214. The van der Waals surface area contributed by atoms with Crippen LogP contribution < -0.4 is 34.7 Å². The Morgan fingerprint density at radius 2 is 1.81 bits per heavy atom. The number of carboxylic acids is 2. The van der Waals surface area contributed by atoms with Crippen LogP contribution in [0.15, 0.2) is 11.2 Å². The van der Waals surface area contributed by atoms with Crippen molar-refractivity contribution >= 4 is 57.5 Å². The maximum Gasteiger partial charge on any atom is 1.00 e. The van der Waals surface area contributed by atoms with Crippen LogP contribution in [0.4, 0.5) is 0 Å². The number of ketones is 1. The molecule has 0 radical (unpaired) electrons. The van der Waals surface area contributed by atoms with Crippen molar-refractivity contribution in [2.45, 2.75) is 98.5 Å². The zero-order valence-corrected chi connectivity index (χ0v) is 31.2. The summed E-state index contributed by atoms with van der Waals surface area (Å²) in [4.78, 5) is 67.3. The van der Waals surface area contributed by atoms with Gasteiger partial charge < -0.3 is 29.5 Å². The van der Waals surface area contributed by atoms with E-state index in [0.717, 1.165) is 24.0 Å². The van der Waals surface area contributed by atoms with E-state index in [1.54, 1.807) is 18.7 Å². The molecule has 1 aromatic heterocycles. The van der Waals surface area contributed by atoms with Gasteiger partial charge >= 0.3 is 41.5 Å². The molecule has 0 aromatic carbocycles. The van der Waals surface area contributed by atoms with E-state index < -0.39 is 78.7 Å². The van der Waals surface area contributed by atoms with Crippen LogP contribution in [0.25, 0.3) is 0 Å². The molecule has 7 atom stereocenters. The molecule has 6 rings (SSSR count). The topological polar surface area (TPSA) is 222 Å². The molecule has 5 heterocycles. The minimum atomic E-state index is -3.97. The van der Waals surface area contributed by atoms with Crippen LogP contribution in [0, 0.1) is 11.8 Å². The summed E-state index contributed by atoms with van der Waals surface area (Å²) in [5.74, 6) is -6.47. The van der Waals surface area contributed by atoms with E-state index in [4.69, 9.17) is 4.74 Å². The van der Waals surface area contributed by atoms with Gasteiger partial charge in [0.15, 0.2) is 21.6 Å². The van der Waals surface area contributed by atoms with E-state index in [9.17, 15) is 42.6 Å². The molecule has 1 saturated carbocycles. The Bertz CT molecular complexity index is 1590. The van der Waals surface area contributed by atoms with Crippen molar-refractivity contribution in [1.82, 2.24) is 24.8 Å². The van der Waals surface area contributed by atoms with Gasteiger partial charge in [0.05, 0.1) is 35.7 Å². The zero-order valence-electron chi connectivity index (χ0n) is 27.6. The number of β-lactam (4-membered cyclic amide) rings is 1. The molecule has 19 heteroatoms. The standard InChI is InChI=1S/C15H23N3O3S.C14H17N3O7S.Na/c1-15(2)11(14(20)21)18-12(19)10(13(18)22-15)16-9-17-7-5-3-4-6-8-17;1-3-24-13(21)7-5-15-16-17(7)6-14(2)11(12(19)20)10-8(18)4-9(10)25(14,22)23;/h9-11,13H,3-8H2,1-2H3,(H,20,21);5,9-11H,3-4,6H2,1-2H3,(H,19,20);/q;;+1/p-1/t10-,11+,13-;9?,10?,11-,14-;/m10./s1. The number of aliphatic carboxylic acids is 2. The summed E-state index contributed by atoms with van der Waals surface area (Å²) in [5, 5.41) is 27.1. The molecule has 1 aromatic rings. The molecule has 2 unspecified atom stereocenters. The summed E-state index contributed by atoms with van der Waals surface area (Å²) in [6, 6.07) is -1.17. The summed E-state index contributed by atoms with van der Waals surface area (Å²) in [7, 11) is -3.97. The van der Waals surface area contributed by atoms with Gasteiger partial charge in [0, 0.05) is 42.1 Å². The second-order valence-corrected chi connectivity index (χ2v) is 17.5. The number of Topliss-reactive ketones (excluding diaryl/α,β-unsaturated/α-hetero) is 1. The molecule has 0 bridgehead atoms. The number of aromatic nitrogens is 3. The molecule has 1 amide bonds. The van der Waals surface area contributed by atoms with Crippen LogP contribution in [-0.2, 0) is 40.3 Å². The summed E-state index contributed by atoms with van der Waals surface area (Å²) < 4.78 is 29.2. The van der Waals surface area contributed by atoms with Gasteiger partial charge in [-0.3, -0.25) is 14.6 Å². The summed E-state index contributed by atoms with van der Waals surface area (Å²) >= 11 is 1.55. The van der Waals surface area contributed by atoms with Crippen LogP contribution in [0.2, 0.25) is 0 Å². The number of likely N-dealkylation sites (tertiary alicyclic amines) is 1. The number of rotatable bonds is 8. The molecule has 258 valence electrons. The predicted molar refractivity (Wildman–Crippen MR) is 165 cm³/mol. The van der Waals surface area contributed by atoms with Gasteiger partial charge in [-0.1, -0.05) is 18.1 Å². The smallest absolute Gasteiger partial charge is 0.550 e. The number of ether oxygens (including phenoxy) is 1. The first-order valence-corrected chi connectivity index (χ1v) is 18.0. The van der Waals surface area contributed by atoms with Gasteiger partial charge in [-0.25, -0.2) is 22.7 Å². The number of aliphatic imine (C=N–C) groups is 1. The van der Waals surface area contributed by atoms with E-state index in [0.29, 0.717) is 0 Å². The third kappa shape index (κ3) is 6.54. The predicted octanol–water partition coefficient (Wildman–Crippen LogP) is -3.62. The quantitative estimate of drug-likeness (QED) is 0.0902. The number of carbonyl (C=O) groups is 5.